The molecule has 2 aromatic carbocycles. The van der Waals surface area contributed by atoms with Gasteiger partial charge in [-0.05, 0) is 38.1 Å². The summed E-state index contributed by atoms with van der Waals surface area (Å²) in [6, 6.07) is 11.6. The fraction of sp³-hybridized carbons (Fsp3) is 0.294. The molecule has 1 N–H and O–H groups in total. The van der Waals surface area contributed by atoms with Crippen LogP contribution in [0, 0.1) is 6.92 Å². The van der Waals surface area contributed by atoms with Gasteiger partial charge in [-0.3, -0.25) is 0 Å². The fourth-order valence-corrected chi connectivity index (χ4v) is 3.74. The van der Waals surface area contributed by atoms with E-state index < -0.39 is 11.7 Å². The zero-order chi connectivity index (χ0) is 15.2. The first kappa shape index (κ1) is 14.9. The molecule has 0 aliphatic carbocycles. The highest BCUT2D eigenvalue weighted by atomic mass is 79.9. The van der Waals surface area contributed by atoms with Gasteiger partial charge in [0.25, 0.3) is 0 Å². The SMILES string of the molecule is Cc1ccc2c(c1)C(O)CC(C)(c1ccc(Br)cc1Cl)O2. The van der Waals surface area contributed by atoms with E-state index in [-0.39, 0.29) is 0 Å². The number of rotatable bonds is 1. The number of fused-ring (bicyclic) bond motifs is 1. The predicted molar refractivity (Wildman–Crippen MR) is 87.9 cm³/mol. The van der Waals surface area contributed by atoms with E-state index in [9.17, 15) is 5.11 Å². The number of halogens is 2. The molecule has 0 saturated carbocycles. The number of aliphatic hydroxyl groups excluding tert-OH is 1. The van der Waals surface area contributed by atoms with Gasteiger partial charge in [0.15, 0.2) is 0 Å². The van der Waals surface area contributed by atoms with Crippen molar-refractivity contribution in [2.24, 2.45) is 0 Å². The second kappa shape index (κ2) is 5.31. The van der Waals surface area contributed by atoms with Crippen molar-refractivity contribution in [2.45, 2.75) is 32.0 Å². The van der Waals surface area contributed by atoms with Gasteiger partial charge in [-0.1, -0.05) is 45.2 Å². The molecule has 0 spiro atoms. The third kappa shape index (κ3) is 2.70. The number of benzene rings is 2. The van der Waals surface area contributed by atoms with Gasteiger partial charge in [-0.15, -0.1) is 0 Å². The predicted octanol–water partition coefficient (Wildman–Crippen LogP) is 5.14. The third-order valence-electron chi connectivity index (χ3n) is 3.94. The lowest BCUT2D eigenvalue weighted by Gasteiger charge is -2.39. The van der Waals surface area contributed by atoms with Crippen molar-refractivity contribution in [3.8, 4) is 5.75 Å². The lowest BCUT2D eigenvalue weighted by molar-refractivity contribution is -0.00482. The molecule has 0 saturated heterocycles. The minimum absolute atomic E-state index is 0.477. The molecule has 2 atom stereocenters. The summed E-state index contributed by atoms with van der Waals surface area (Å²) in [4.78, 5) is 0. The number of hydrogen-bond donors (Lipinski definition) is 1. The molecular weight excluding hydrogens is 352 g/mol. The summed E-state index contributed by atoms with van der Waals surface area (Å²) in [5.74, 6) is 0.723. The lowest BCUT2D eigenvalue weighted by Crippen LogP contribution is -2.36. The van der Waals surface area contributed by atoms with Crippen LogP contribution in [0.25, 0.3) is 0 Å². The molecule has 1 heterocycles. The van der Waals surface area contributed by atoms with Crippen molar-refractivity contribution in [3.05, 3.63) is 62.6 Å². The van der Waals surface area contributed by atoms with Crippen LogP contribution in [0.3, 0.4) is 0 Å². The highest BCUT2D eigenvalue weighted by Crippen LogP contribution is 2.46. The molecule has 1 aliphatic heterocycles. The summed E-state index contributed by atoms with van der Waals surface area (Å²) >= 11 is 9.77. The van der Waals surface area contributed by atoms with Crippen LogP contribution in [0.15, 0.2) is 40.9 Å². The highest BCUT2D eigenvalue weighted by molar-refractivity contribution is 9.10. The zero-order valence-corrected chi connectivity index (χ0v) is 14.2. The van der Waals surface area contributed by atoms with E-state index in [0.717, 1.165) is 26.9 Å². The van der Waals surface area contributed by atoms with Gasteiger partial charge in [-0.2, -0.15) is 0 Å². The second-order valence-electron chi connectivity index (χ2n) is 5.72. The molecule has 2 nitrogen and oxygen atoms in total. The first-order valence-corrected chi connectivity index (χ1v) is 7.99. The average molecular weight is 368 g/mol. The summed E-state index contributed by atoms with van der Waals surface area (Å²) in [7, 11) is 0. The van der Waals surface area contributed by atoms with Crippen LogP contribution in [-0.2, 0) is 5.60 Å². The topological polar surface area (TPSA) is 29.5 Å². The molecule has 110 valence electrons. The maximum absolute atomic E-state index is 10.5. The molecule has 3 rings (SSSR count). The van der Waals surface area contributed by atoms with E-state index in [1.807, 2.05) is 50.2 Å². The quantitative estimate of drug-likeness (QED) is 0.756. The normalized spacial score (nSPS) is 24.3. The van der Waals surface area contributed by atoms with Gasteiger partial charge >= 0.3 is 0 Å². The molecular formula is C17H16BrClO2. The third-order valence-corrected chi connectivity index (χ3v) is 4.75. The van der Waals surface area contributed by atoms with Crippen molar-refractivity contribution in [3.63, 3.8) is 0 Å². The Bertz CT molecular complexity index is 701. The first-order chi connectivity index (χ1) is 9.89. The van der Waals surface area contributed by atoms with Crippen LogP contribution in [0.4, 0.5) is 0 Å². The van der Waals surface area contributed by atoms with Gasteiger partial charge < -0.3 is 9.84 Å². The van der Waals surface area contributed by atoms with Gasteiger partial charge in [-0.25, -0.2) is 0 Å². The van der Waals surface area contributed by atoms with Crippen LogP contribution in [0.1, 0.15) is 36.1 Å². The van der Waals surface area contributed by atoms with E-state index >= 15 is 0 Å². The molecule has 21 heavy (non-hydrogen) atoms. The molecule has 2 aromatic rings. The minimum atomic E-state index is -0.639. The molecule has 0 amide bonds. The van der Waals surface area contributed by atoms with Crippen molar-refractivity contribution >= 4 is 27.5 Å². The van der Waals surface area contributed by atoms with Crippen molar-refractivity contribution in [2.75, 3.05) is 0 Å². The number of ether oxygens (including phenoxy) is 1. The maximum atomic E-state index is 10.5. The van der Waals surface area contributed by atoms with Crippen LogP contribution in [0.5, 0.6) is 5.75 Å². The molecule has 0 aromatic heterocycles. The molecule has 2 unspecified atom stereocenters. The van der Waals surface area contributed by atoms with Gasteiger partial charge in [0.05, 0.1) is 6.10 Å². The maximum Gasteiger partial charge on any atom is 0.135 e. The van der Waals surface area contributed by atoms with Gasteiger partial charge in [0.2, 0.25) is 0 Å². The molecule has 1 aliphatic rings. The van der Waals surface area contributed by atoms with E-state index in [2.05, 4.69) is 15.9 Å². The lowest BCUT2D eigenvalue weighted by atomic mass is 9.84. The summed E-state index contributed by atoms with van der Waals surface area (Å²) in [6.45, 7) is 3.97. The number of aryl methyl sites for hydroxylation is 1. The van der Waals surface area contributed by atoms with Crippen LogP contribution >= 0.6 is 27.5 Å². The number of aliphatic hydroxyl groups is 1. The summed E-state index contributed by atoms with van der Waals surface area (Å²) in [5, 5.41) is 11.1. The summed E-state index contributed by atoms with van der Waals surface area (Å²) in [6.07, 6.45) is -0.0801. The Morgan fingerprint density at radius 3 is 2.76 bits per heavy atom. The fourth-order valence-electron chi connectivity index (χ4n) is 2.87. The second-order valence-corrected chi connectivity index (χ2v) is 7.04. The van der Waals surface area contributed by atoms with E-state index in [1.54, 1.807) is 0 Å². The zero-order valence-electron chi connectivity index (χ0n) is 11.9. The van der Waals surface area contributed by atoms with Crippen LogP contribution < -0.4 is 4.74 Å². The molecule has 0 fully saturated rings. The van der Waals surface area contributed by atoms with E-state index in [0.29, 0.717) is 11.4 Å². The smallest absolute Gasteiger partial charge is 0.135 e. The summed E-state index contributed by atoms with van der Waals surface area (Å²) in [5.41, 5.74) is 2.21. The summed E-state index contributed by atoms with van der Waals surface area (Å²) < 4.78 is 7.12. The number of hydrogen-bond acceptors (Lipinski definition) is 2. The van der Waals surface area contributed by atoms with Crippen molar-refractivity contribution < 1.29 is 9.84 Å². The Labute approximate surface area is 137 Å². The largest absolute Gasteiger partial charge is 0.482 e. The van der Waals surface area contributed by atoms with Gasteiger partial charge in [0, 0.05) is 27.0 Å². The van der Waals surface area contributed by atoms with E-state index in [1.165, 1.54) is 0 Å². The van der Waals surface area contributed by atoms with E-state index in [4.69, 9.17) is 16.3 Å². The Balaban J connectivity index is 2.06. The Kier molecular flexibility index (Phi) is 3.76. The first-order valence-electron chi connectivity index (χ1n) is 6.82. The average Bonchev–Trinajstić information content (AvgIpc) is 2.39. The minimum Gasteiger partial charge on any atom is -0.482 e. The van der Waals surface area contributed by atoms with Crippen molar-refractivity contribution in [1.29, 1.82) is 0 Å². The Hall–Kier alpha value is -1.03. The van der Waals surface area contributed by atoms with Crippen LogP contribution in [0.2, 0.25) is 5.02 Å². The molecule has 0 radical (unpaired) electrons. The highest BCUT2D eigenvalue weighted by Gasteiger charge is 2.39. The van der Waals surface area contributed by atoms with Crippen LogP contribution in [-0.4, -0.2) is 5.11 Å². The Morgan fingerprint density at radius 2 is 2.05 bits per heavy atom. The monoisotopic (exact) mass is 366 g/mol. The van der Waals surface area contributed by atoms with Crippen molar-refractivity contribution in [1.82, 2.24) is 0 Å². The molecule has 0 bridgehead atoms. The molecule has 4 heteroatoms. The Morgan fingerprint density at radius 1 is 1.29 bits per heavy atom. The standard InChI is InChI=1S/C17H16BrClO2/c1-10-3-6-16-12(7-10)15(20)9-17(2,21-16)13-5-4-11(18)8-14(13)19/h3-8,15,20H,9H2,1-2H3. The van der Waals surface area contributed by atoms with Gasteiger partial charge in [0.1, 0.15) is 11.4 Å².